The highest BCUT2D eigenvalue weighted by atomic mass is 35.5. The largest absolute Gasteiger partial charge is 0.369 e. The van der Waals surface area contributed by atoms with Crippen molar-refractivity contribution < 1.29 is 8.42 Å². The van der Waals surface area contributed by atoms with Crippen LogP contribution in [0.3, 0.4) is 0 Å². The Bertz CT molecular complexity index is 1430. The van der Waals surface area contributed by atoms with Crippen LogP contribution in [0.4, 0.5) is 5.82 Å². The summed E-state index contributed by atoms with van der Waals surface area (Å²) in [6.45, 7) is 0.693. The van der Waals surface area contributed by atoms with Gasteiger partial charge < -0.3 is 5.32 Å². The van der Waals surface area contributed by atoms with Crippen molar-refractivity contribution in [3.05, 3.63) is 65.2 Å². The van der Waals surface area contributed by atoms with Gasteiger partial charge in [0.1, 0.15) is 5.82 Å². The van der Waals surface area contributed by atoms with Crippen molar-refractivity contribution in [3.63, 3.8) is 0 Å². The summed E-state index contributed by atoms with van der Waals surface area (Å²) in [5.74, 6) is 0.568. The van der Waals surface area contributed by atoms with Crippen molar-refractivity contribution >= 4 is 43.8 Å². The van der Waals surface area contributed by atoms with E-state index < -0.39 is 9.84 Å². The summed E-state index contributed by atoms with van der Waals surface area (Å²) >= 11 is 6.25. The minimum Gasteiger partial charge on any atom is -0.369 e. The van der Waals surface area contributed by atoms with Crippen molar-refractivity contribution in [1.29, 1.82) is 0 Å². The molecule has 164 valence electrons. The normalized spacial score (nSPS) is 14.6. The SMILES string of the molecule is O=S(=O)(c1ccccc1)c1nnn2c1nc(NCCC1=CCCCC1)c1cc(Cl)ccc12. The minimum absolute atomic E-state index is 0.152. The van der Waals surface area contributed by atoms with E-state index in [0.717, 1.165) is 24.6 Å². The smallest absolute Gasteiger partial charge is 0.229 e. The third kappa shape index (κ3) is 3.84. The molecule has 4 aromatic rings. The third-order valence-corrected chi connectivity index (χ3v) is 7.61. The average Bonchev–Trinajstić information content (AvgIpc) is 3.25. The van der Waals surface area contributed by atoms with Crippen LogP contribution in [-0.2, 0) is 9.84 Å². The van der Waals surface area contributed by atoms with Gasteiger partial charge in [0, 0.05) is 17.0 Å². The molecule has 2 aromatic carbocycles. The third-order valence-electron chi connectivity index (χ3n) is 5.71. The molecule has 0 unspecified atom stereocenters. The van der Waals surface area contributed by atoms with Crippen LogP contribution in [0, 0.1) is 0 Å². The Labute approximate surface area is 191 Å². The minimum atomic E-state index is -3.87. The van der Waals surface area contributed by atoms with Gasteiger partial charge in [-0.05, 0) is 62.4 Å². The fourth-order valence-corrected chi connectivity index (χ4v) is 5.49. The summed E-state index contributed by atoms with van der Waals surface area (Å²) in [5, 5.41) is 12.7. The summed E-state index contributed by atoms with van der Waals surface area (Å²) in [5.41, 5.74) is 2.31. The van der Waals surface area contributed by atoms with E-state index in [1.165, 1.54) is 22.9 Å². The van der Waals surface area contributed by atoms with Crippen molar-refractivity contribution in [2.45, 2.75) is 42.0 Å². The molecule has 9 heteroatoms. The lowest BCUT2D eigenvalue weighted by molar-refractivity contribution is 0.592. The number of aromatic nitrogens is 4. The van der Waals surface area contributed by atoms with Gasteiger partial charge in [0.25, 0.3) is 0 Å². The van der Waals surface area contributed by atoms with Crippen molar-refractivity contribution in [1.82, 2.24) is 19.8 Å². The summed E-state index contributed by atoms with van der Waals surface area (Å²) in [4.78, 5) is 4.80. The van der Waals surface area contributed by atoms with Gasteiger partial charge in [-0.3, -0.25) is 0 Å². The van der Waals surface area contributed by atoms with E-state index >= 15 is 0 Å². The molecule has 1 N–H and O–H groups in total. The van der Waals surface area contributed by atoms with Crippen molar-refractivity contribution in [3.8, 4) is 0 Å². The molecule has 2 heterocycles. The number of hydrogen-bond donors (Lipinski definition) is 1. The van der Waals surface area contributed by atoms with Crippen LogP contribution in [0.5, 0.6) is 0 Å². The fraction of sp³-hybridized carbons (Fsp3) is 0.261. The van der Waals surface area contributed by atoms with Crippen LogP contribution in [0.1, 0.15) is 32.1 Å². The van der Waals surface area contributed by atoms with E-state index in [-0.39, 0.29) is 15.6 Å². The highest BCUT2D eigenvalue weighted by Crippen LogP contribution is 2.30. The zero-order valence-electron chi connectivity index (χ0n) is 17.3. The number of sulfone groups is 1. The van der Waals surface area contributed by atoms with Gasteiger partial charge in [0.05, 0.1) is 10.4 Å². The molecule has 2 aromatic heterocycles. The molecule has 32 heavy (non-hydrogen) atoms. The standard InChI is InChI=1S/C23H22ClN5O2S/c24-17-11-12-20-19(15-17)21(25-14-13-16-7-3-1-4-8-16)26-22-23(27-28-29(20)22)32(30,31)18-9-5-2-6-10-18/h2,5-7,9-12,15H,1,3-4,8,13-14H2,(H,25,26). The second kappa shape index (κ2) is 8.52. The van der Waals surface area contributed by atoms with Gasteiger partial charge in [-0.25, -0.2) is 13.4 Å². The Kier molecular flexibility index (Phi) is 5.57. The molecule has 1 aliphatic carbocycles. The maximum absolute atomic E-state index is 13.2. The van der Waals surface area contributed by atoms with Crippen LogP contribution >= 0.6 is 11.6 Å². The Balaban J connectivity index is 1.59. The molecular weight excluding hydrogens is 446 g/mol. The number of nitrogens with one attached hydrogen (secondary N) is 1. The zero-order chi connectivity index (χ0) is 22.1. The van der Waals surface area contributed by atoms with Gasteiger partial charge in [0.15, 0.2) is 5.65 Å². The number of allylic oxidation sites excluding steroid dienone is 1. The second-order valence-electron chi connectivity index (χ2n) is 7.85. The Morgan fingerprint density at radius 1 is 1.09 bits per heavy atom. The quantitative estimate of drug-likeness (QED) is 0.398. The summed E-state index contributed by atoms with van der Waals surface area (Å²) in [6, 6.07) is 13.5. The Morgan fingerprint density at radius 2 is 1.94 bits per heavy atom. The van der Waals surface area contributed by atoms with Gasteiger partial charge >= 0.3 is 0 Å². The number of rotatable bonds is 6. The van der Waals surface area contributed by atoms with Crippen LogP contribution in [0.25, 0.3) is 16.6 Å². The summed E-state index contributed by atoms with van der Waals surface area (Å²) in [7, 11) is -3.87. The first kappa shape index (κ1) is 20.9. The molecule has 7 nitrogen and oxygen atoms in total. The number of nitrogens with zero attached hydrogens (tertiary/aromatic N) is 4. The van der Waals surface area contributed by atoms with Crippen LogP contribution in [-0.4, -0.2) is 34.8 Å². The second-order valence-corrected chi connectivity index (χ2v) is 10.2. The highest BCUT2D eigenvalue weighted by molar-refractivity contribution is 7.91. The molecule has 0 spiro atoms. The molecule has 0 saturated carbocycles. The van der Waals surface area contributed by atoms with E-state index in [4.69, 9.17) is 11.6 Å². The zero-order valence-corrected chi connectivity index (χ0v) is 18.9. The number of hydrogen-bond acceptors (Lipinski definition) is 6. The van der Waals surface area contributed by atoms with E-state index in [1.54, 1.807) is 48.5 Å². The molecule has 0 fully saturated rings. The predicted molar refractivity (Wildman–Crippen MR) is 125 cm³/mol. The number of halogens is 1. The van der Waals surface area contributed by atoms with Gasteiger partial charge in [-0.1, -0.05) is 46.7 Å². The average molecular weight is 468 g/mol. The maximum atomic E-state index is 13.2. The number of fused-ring (bicyclic) bond motifs is 3. The molecule has 0 bridgehead atoms. The summed E-state index contributed by atoms with van der Waals surface area (Å²) < 4.78 is 27.9. The van der Waals surface area contributed by atoms with E-state index in [9.17, 15) is 8.42 Å². The number of benzene rings is 2. The first-order valence-corrected chi connectivity index (χ1v) is 12.5. The predicted octanol–water partition coefficient (Wildman–Crippen LogP) is 5.07. The maximum Gasteiger partial charge on any atom is 0.229 e. The molecule has 0 radical (unpaired) electrons. The van der Waals surface area contributed by atoms with Crippen molar-refractivity contribution in [2.75, 3.05) is 11.9 Å². The lowest BCUT2D eigenvalue weighted by Gasteiger charge is -2.14. The molecule has 0 atom stereocenters. The highest BCUT2D eigenvalue weighted by Gasteiger charge is 2.27. The molecule has 1 aliphatic rings. The topological polar surface area (TPSA) is 89.2 Å². The monoisotopic (exact) mass is 467 g/mol. The lowest BCUT2D eigenvalue weighted by Crippen LogP contribution is -2.09. The number of anilines is 1. The summed E-state index contributed by atoms with van der Waals surface area (Å²) in [6.07, 6.45) is 8.00. The molecule has 0 saturated heterocycles. The molecule has 5 rings (SSSR count). The Hall–Kier alpha value is -2.97. The molecule has 0 amide bonds. The van der Waals surface area contributed by atoms with Crippen LogP contribution < -0.4 is 5.32 Å². The van der Waals surface area contributed by atoms with Crippen molar-refractivity contribution in [2.24, 2.45) is 0 Å². The van der Waals surface area contributed by atoms with Gasteiger partial charge in [-0.15, -0.1) is 5.10 Å². The molecule has 0 aliphatic heterocycles. The molecular formula is C23H22ClN5O2S. The Morgan fingerprint density at radius 3 is 2.72 bits per heavy atom. The lowest BCUT2D eigenvalue weighted by atomic mass is 9.97. The fourth-order valence-electron chi connectivity index (χ4n) is 4.06. The van der Waals surface area contributed by atoms with Crippen LogP contribution in [0.15, 0.2) is 70.1 Å². The van der Waals surface area contributed by atoms with E-state index in [1.807, 2.05) is 0 Å². The first-order valence-electron chi connectivity index (χ1n) is 10.6. The first-order chi connectivity index (χ1) is 15.5. The van der Waals surface area contributed by atoms with E-state index in [2.05, 4.69) is 26.7 Å². The van der Waals surface area contributed by atoms with Gasteiger partial charge in [0.2, 0.25) is 14.9 Å². The van der Waals surface area contributed by atoms with Gasteiger partial charge in [-0.2, -0.15) is 4.52 Å². The van der Waals surface area contributed by atoms with Crippen LogP contribution in [0.2, 0.25) is 5.02 Å². The van der Waals surface area contributed by atoms with E-state index in [0.29, 0.717) is 22.9 Å².